The van der Waals surface area contributed by atoms with Gasteiger partial charge in [-0.3, -0.25) is 4.79 Å². The van der Waals surface area contributed by atoms with Gasteiger partial charge in [0.05, 0.1) is 24.2 Å². The van der Waals surface area contributed by atoms with E-state index in [2.05, 4.69) is 5.32 Å². The molecule has 3 heterocycles. The van der Waals surface area contributed by atoms with Crippen LogP contribution in [0.5, 0.6) is 11.5 Å². The first-order valence-corrected chi connectivity index (χ1v) is 13.6. The van der Waals surface area contributed by atoms with E-state index in [0.717, 1.165) is 17.5 Å². The molecule has 0 radical (unpaired) electrons. The molecular weight excluding hydrogens is 472 g/mol. The van der Waals surface area contributed by atoms with Crippen LogP contribution in [0.2, 0.25) is 0 Å². The van der Waals surface area contributed by atoms with E-state index < -0.39 is 10.0 Å². The van der Waals surface area contributed by atoms with E-state index in [1.54, 1.807) is 29.5 Å². The minimum atomic E-state index is -3.71. The molecule has 1 atom stereocenters. The summed E-state index contributed by atoms with van der Waals surface area (Å²) in [5, 5.41) is 4.96. The van der Waals surface area contributed by atoms with Gasteiger partial charge in [0.25, 0.3) is 5.91 Å². The summed E-state index contributed by atoms with van der Waals surface area (Å²) in [5.41, 5.74) is 2.23. The van der Waals surface area contributed by atoms with E-state index in [1.165, 1.54) is 15.2 Å². The lowest BCUT2D eigenvalue weighted by molar-refractivity contribution is 0.0939. The maximum absolute atomic E-state index is 13.3. The molecule has 0 saturated heterocycles. The van der Waals surface area contributed by atoms with Gasteiger partial charge in [0.1, 0.15) is 0 Å². The SMILES string of the molecule is CC(NC(=O)c1cccc(S(=O)(=O)N2CCc3sccc3C2)c1)c1ccc2c(c1)OCCCO2. The van der Waals surface area contributed by atoms with Crippen LogP contribution in [0.4, 0.5) is 0 Å². The lowest BCUT2D eigenvalue weighted by Gasteiger charge is -2.26. The number of hydrogen-bond donors (Lipinski definition) is 1. The first-order valence-electron chi connectivity index (χ1n) is 11.3. The number of fused-ring (bicyclic) bond motifs is 2. The molecule has 7 nitrogen and oxygen atoms in total. The van der Waals surface area contributed by atoms with Crippen LogP contribution in [0.1, 0.15) is 45.7 Å². The summed E-state index contributed by atoms with van der Waals surface area (Å²) in [4.78, 5) is 14.3. The van der Waals surface area contributed by atoms with E-state index in [9.17, 15) is 13.2 Å². The number of amides is 1. The number of nitrogens with one attached hydrogen (secondary N) is 1. The van der Waals surface area contributed by atoms with Crippen molar-refractivity contribution in [2.75, 3.05) is 19.8 Å². The van der Waals surface area contributed by atoms with Gasteiger partial charge in [-0.05, 0) is 66.2 Å². The summed E-state index contributed by atoms with van der Waals surface area (Å²) in [6, 6.07) is 13.5. The lowest BCUT2D eigenvalue weighted by Crippen LogP contribution is -2.35. The number of hydrogen-bond acceptors (Lipinski definition) is 6. The molecule has 34 heavy (non-hydrogen) atoms. The highest BCUT2D eigenvalue weighted by Crippen LogP contribution is 2.32. The zero-order valence-corrected chi connectivity index (χ0v) is 20.5. The number of sulfonamides is 1. The normalized spacial score (nSPS) is 16.9. The van der Waals surface area contributed by atoms with Gasteiger partial charge in [-0.2, -0.15) is 4.31 Å². The Labute approximate surface area is 203 Å². The van der Waals surface area contributed by atoms with Gasteiger partial charge < -0.3 is 14.8 Å². The Morgan fingerprint density at radius 1 is 1.09 bits per heavy atom. The predicted octanol–water partition coefficient (Wildman–Crippen LogP) is 4.15. The second-order valence-corrected chi connectivity index (χ2v) is 11.4. The third-order valence-corrected chi connectivity index (χ3v) is 8.99. The Bertz CT molecular complexity index is 1320. The first kappa shape index (κ1) is 22.9. The highest BCUT2D eigenvalue weighted by molar-refractivity contribution is 7.89. The fraction of sp³-hybridized carbons (Fsp3) is 0.320. The zero-order valence-electron chi connectivity index (χ0n) is 18.8. The molecule has 0 spiro atoms. The number of benzene rings is 2. The maximum atomic E-state index is 13.3. The van der Waals surface area contributed by atoms with Crippen LogP contribution in [-0.2, 0) is 23.0 Å². The molecule has 0 bridgehead atoms. The molecule has 1 N–H and O–H groups in total. The zero-order chi connectivity index (χ0) is 23.7. The van der Waals surface area contributed by atoms with Crippen molar-refractivity contribution >= 4 is 27.3 Å². The third kappa shape index (κ3) is 4.55. The summed E-state index contributed by atoms with van der Waals surface area (Å²) in [6.07, 6.45) is 1.53. The summed E-state index contributed by atoms with van der Waals surface area (Å²) in [7, 11) is -3.71. The monoisotopic (exact) mass is 498 g/mol. The van der Waals surface area contributed by atoms with Crippen LogP contribution < -0.4 is 14.8 Å². The molecule has 2 aliphatic heterocycles. The van der Waals surface area contributed by atoms with Crippen LogP contribution in [0.3, 0.4) is 0 Å². The average molecular weight is 499 g/mol. The Morgan fingerprint density at radius 3 is 2.76 bits per heavy atom. The minimum absolute atomic E-state index is 0.127. The Hall–Kier alpha value is -2.88. The van der Waals surface area contributed by atoms with Gasteiger partial charge in [-0.15, -0.1) is 11.3 Å². The number of rotatable bonds is 5. The lowest BCUT2D eigenvalue weighted by atomic mass is 10.1. The molecule has 9 heteroatoms. The summed E-state index contributed by atoms with van der Waals surface area (Å²) in [6.45, 7) is 3.88. The highest BCUT2D eigenvalue weighted by Gasteiger charge is 2.29. The Kier molecular flexibility index (Phi) is 6.33. The van der Waals surface area contributed by atoms with Crippen LogP contribution in [-0.4, -0.2) is 38.4 Å². The molecular formula is C25H26N2O5S2. The third-order valence-electron chi connectivity index (χ3n) is 6.13. The Morgan fingerprint density at radius 2 is 1.91 bits per heavy atom. The van der Waals surface area contributed by atoms with Crippen LogP contribution >= 0.6 is 11.3 Å². The fourth-order valence-electron chi connectivity index (χ4n) is 4.19. The van der Waals surface area contributed by atoms with Gasteiger partial charge in [0.2, 0.25) is 10.0 Å². The second kappa shape index (κ2) is 9.40. The van der Waals surface area contributed by atoms with Crippen LogP contribution in [0.15, 0.2) is 58.8 Å². The van der Waals surface area contributed by atoms with Crippen molar-refractivity contribution in [1.29, 1.82) is 0 Å². The minimum Gasteiger partial charge on any atom is -0.490 e. The number of nitrogens with zero attached hydrogens (tertiary/aromatic N) is 1. The van der Waals surface area contributed by atoms with Crippen molar-refractivity contribution in [3.63, 3.8) is 0 Å². The number of ether oxygens (including phenoxy) is 2. The maximum Gasteiger partial charge on any atom is 0.251 e. The van der Waals surface area contributed by atoms with Crippen molar-refractivity contribution < 1.29 is 22.7 Å². The molecule has 1 unspecified atom stereocenters. The molecule has 1 aromatic heterocycles. The van der Waals surface area contributed by atoms with Crippen molar-refractivity contribution in [2.45, 2.75) is 37.2 Å². The summed E-state index contributed by atoms with van der Waals surface area (Å²) < 4.78 is 39.5. The van der Waals surface area contributed by atoms with E-state index >= 15 is 0 Å². The van der Waals surface area contributed by atoms with Crippen molar-refractivity contribution in [3.05, 3.63) is 75.5 Å². The molecule has 2 aliphatic rings. The van der Waals surface area contributed by atoms with E-state index in [1.807, 2.05) is 36.6 Å². The first-order chi connectivity index (χ1) is 16.4. The topological polar surface area (TPSA) is 84.9 Å². The van der Waals surface area contributed by atoms with Gasteiger partial charge in [0, 0.05) is 30.0 Å². The van der Waals surface area contributed by atoms with Crippen molar-refractivity contribution in [2.24, 2.45) is 0 Å². The van der Waals surface area contributed by atoms with Gasteiger partial charge in [-0.25, -0.2) is 8.42 Å². The summed E-state index contributed by atoms with van der Waals surface area (Å²) >= 11 is 1.66. The molecule has 0 aliphatic carbocycles. The predicted molar refractivity (Wildman–Crippen MR) is 130 cm³/mol. The van der Waals surface area contributed by atoms with Crippen LogP contribution in [0, 0.1) is 0 Å². The van der Waals surface area contributed by atoms with Crippen molar-refractivity contribution in [1.82, 2.24) is 9.62 Å². The quantitative estimate of drug-likeness (QED) is 0.571. The second-order valence-electron chi connectivity index (χ2n) is 8.44. The fourth-order valence-corrected chi connectivity index (χ4v) is 6.54. The van der Waals surface area contributed by atoms with Gasteiger partial charge in [-0.1, -0.05) is 12.1 Å². The van der Waals surface area contributed by atoms with Gasteiger partial charge in [0.15, 0.2) is 11.5 Å². The molecule has 0 fully saturated rings. The molecule has 0 saturated carbocycles. The van der Waals surface area contributed by atoms with Crippen molar-refractivity contribution in [3.8, 4) is 11.5 Å². The molecule has 3 aromatic rings. The number of carbonyl (C=O) groups excluding carboxylic acids is 1. The molecule has 1 amide bonds. The Balaban J connectivity index is 1.31. The largest absolute Gasteiger partial charge is 0.490 e. The standard InChI is InChI=1S/C25H26N2O5S2/c1-17(18-6-7-22-23(15-18)32-12-3-11-31-22)26-25(28)19-4-2-5-21(14-19)34(29,30)27-10-8-24-20(16-27)9-13-33-24/h2,4-7,9,13-15,17H,3,8,10-12,16H2,1H3,(H,26,28). The van der Waals surface area contributed by atoms with E-state index in [4.69, 9.17) is 9.47 Å². The summed E-state index contributed by atoms with van der Waals surface area (Å²) in [5.74, 6) is 1.03. The molecule has 2 aromatic carbocycles. The van der Waals surface area contributed by atoms with E-state index in [0.29, 0.717) is 49.8 Å². The number of thiophene rings is 1. The average Bonchev–Trinajstić information content (AvgIpc) is 3.20. The van der Waals surface area contributed by atoms with E-state index in [-0.39, 0.29) is 16.8 Å². The molecule has 5 rings (SSSR count). The van der Waals surface area contributed by atoms with Gasteiger partial charge >= 0.3 is 0 Å². The highest BCUT2D eigenvalue weighted by atomic mass is 32.2. The molecule has 178 valence electrons. The number of carbonyl (C=O) groups is 1. The van der Waals surface area contributed by atoms with Crippen LogP contribution in [0.25, 0.3) is 0 Å². The smallest absolute Gasteiger partial charge is 0.251 e.